The lowest BCUT2D eigenvalue weighted by Gasteiger charge is -2.27. The van der Waals surface area contributed by atoms with Crippen molar-refractivity contribution < 1.29 is 9.47 Å². The van der Waals surface area contributed by atoms with Crippen molar-refractivity contribution in [3.63, 3.8) is 0 Å². The second-order valence-corrected chi connectivity index (χ2v) is 3.16. The molecule has 1 fully saturated rings. The van der Waals surface area contributed by atoms with Crippen LogP contribution in [-0.4, -0.2) is 44.0 Å². The SMILES string of the molecule is CC.CCN(C)CC1(C)OCCO1. The fourth-order valence-electron chi connectivity index (χ4n) is 1.25. The lowest BCUT2D eigenvalue weighted by atomic mass is 10.3. The van der Waals surface area contributed by atoms with Gasteiger partial charge >= 0.3 is 0 Å². The summed E-state index contributed by atoms with van der Waals surface area (Å²) in [5.74, 6) is -0.356. The van der Waals surface area contributed by atoms with Crippen LogP contribution in [-0.2, 0) is 9.47 Å². The number of hydrogen-bond acceptors (Lipinski definition) is 3. The minimum atomic E-state index is -0.356. The van der Waals surface area contributed by atoms with Crippen LogP contribution in [0, 0.1) is 0 Å². The molecule has 0 aromatic rings. The van der Waals surface area contributed by atoms with Crippen molar-refractivity contribution in [2.45, 2.75) is 33.5 Å². The highest BCUT2D eigenvalue weighted by Crippen LogP contribution is 2.18. The molecule has 80 valence electrons. The molecule has 0 saturated carbocycles. The Kier molecular flexibility index (Phi) is 6.29. The monoisotopic (exact) mass is 189 g/mol. The molecule has 0 bridgehead atoms. The zero-order chi connectivity index (χ0) is 10.3. The second-order valence-electron chi connectivity index (χ2n) is 3.16. The molecular weight excluding hydrogens is 166 g/mol. The summed E-state index contributed by atoms with van der Waals surface area (Å²) in [5.41, 5.74) is 0. The van der Waals surface area contributed by atoms with Crippen LogP contribution < -0.4 is 0 Å². The predicted molar refractivity (Wildman–Crippen MR) is 54.8 cm³/mol. The molecule has 1 rings (SSSR count). The first-order chi connectivity index (χ1) is 6.16. The average molecular weight is 189 g/mol. The third kappa shape index (κ3) is 4.60. The van der Waals surface area contributed by atoms with Crippen molar-refractivity contribution in [1.29, 1.82) is 0 Å². The molecule has 0 aliphatic carbocycles. The van der Waals surface area contributed by atoms with E-state index in [1.165, 1.54) is 0 Å². The van der Waals surface area contributed by atoms with E-state index in [0.717, 1.165) is 26.3 Å². The summed E-state index contributed by atoms with van der Waals surface area (Å²) in [7, 11) is 2.07. The summed E-state index contributed by atoms with van der Waals surface area (Å²) in [6, 6.07) is 0. The van der Waals surface area contributed by atoms with Gasteiger partial charge in [-0.3, -0.25) is 0 Å². The third-order valence-electron chi connectivity index (χ3n) is 2.00. The maximum atomic E-state index is 5.45. The van der Waals surface area contributed by atoms with E-state index in [9.17, 15) is 0 Å². The zero-order valence-corrected chi connectivity index (χ0v) is 9.59. The summed E-state index contributed by atoms with van der Waals surface area (Å²) >= 11 is 0. The normalized spacial score (nSPS) is 19.8. The van der Waals surface area contributed by atoms with E-state index in [1.54, 1.807) is 0 Å². The summed E-state index contributed by atoms with van der Waals surface area (Å²) in [6.45, 7) is 11.5. The van der Waals surface area contributed by atoms with E-state index in [4.69, 9.17) is 9.47 Å². The first-order valence-electron chi connectivity index (χ1n) is 5.13. The Hall–Kier alpha value is -0.120. The van der Waals surface area contributed by atoms with Crippen LogP contribution in [0.2, 0.25) is 0 Å². The van der Waals surface area contributed by atoms with Gasteiger partial charge in [-0.05, 0) is 20.5 Å². The Morgan fingerprint density at radius 2 is 1.69 bits per heavy atom. The zero-order valence-electron chi connectivity index (χ0n) is 9.59. The average Bonchev–Trinajstić information content (AvgIpc) is 2.55. The Balaban J connectivity index is 0.000000671. The van der Waals surface area contributed by atoms with Crippen molar-refractivity contribution in [1.82, 2.24) is 4.90 Å². The quantitative estimate of drug-likeness (QED) is 0.675. The Labute approximate surface area is 82.0 Å². The predicted octanol–water partition coefficient (Wildman–Crippen LogP) is 1.73. The summed E-state index contributed by atoms with van der Waals surface area (Å²) in [6.07, 6.45) is 0. The first kappa shape index (κ1) is 12.9. The molecule has 0 aromatic carbocycles. The molecule has 13 heavy (non-hydrogen) atoms. The lowest BCUT2D eigenvalue weighted by molar-refractivity contribution is -0.153. The number of rotatable bonds is 3. The van der Waals surface area contributed by atoms with Crippen molar-refractivity contribution in [2.24, 2.45) is 0 Å². The van der Waals surface area contributed by atoms with E-state index in [0.29, 0.717) is 0 Å². The largest absolute Gasteiger partial charge is 0.347 e. The van der Waals surface area contributed by atoms with E-state index in [1.807, 2.05) is 20.8 Å². The van der Waals surface area contributed by atoms with Gasteiger partial charge in [-0.1, -0.05) is 20.8 Å². The van der Waals surface area contributed by atoms with Gasteiger partial charge in [0, 0.05) is 0 Å². The first-order valence-corrected chi connectivity index (χ1v) is 5.13. The molecule has 0 aromatic heterocycles. The van der Waals surface area contributed by atoms with Gasteiger partial charge in [0.15, 0.2) is 5.79 Å². The number of ether oxygens (including phenoxy) is 2. The van der Waals surface area contributed by atoms with Gasteiger partial charge in [0.05, 0.1) is 19.8 Å². The van der Waals surface area contributed by atoms with Crippen molar-refractivity contribution in [3.8, 4) is 0 Å². The molecule has 0 amide bonds. The second kappa shape index (κ2) is 6.35. The molecule has 0 spiro atoms. The number of nitrogens with zero attached hydrogens (tertiary/aromatic N) is 1. The molecule has 3 heteroatoms. The standard InChI is InChI=1S/C8H17NO2.C2H6/c1-4-9(3)7-8(2)10-5-6-11-8;1-2/h4-7H2,1-3H3;1-2H3. The highest BCUT2D eigenvalue weighted by molar-refractivity contribution is 4.71. The van der Waals surface area contributed by atoms with E-state index >= 15 is 0 Å². The summed E-state index contributed by atoms with van der Waals surface area (Å²) < 4.78 is 10.9. The molecular formula is C10H23NO2. The van der Waals surface area contributed by atoms with Crippen LogP contribution in [0.5, 0.6) is 0 Å². The van der Waals surface area contributed by atoms with Gasteiger partial charge in [0.1, 0.15) is 0 Å². The minimum Gasteiger partial charge on any atom is -0.347 e. The number of hydrogen-bond donors (Lipinski definition) is 0. The molecule has 3 nitrogen and oxygen atoms in total. The molecule has 1 heterocycles. The third-order valence-corrected chi connectivity index (χ3v) is 2.00. The van der Waals surface area contributed by atoms with Crippen molar-refractivity contribution >= 4 is 0 Å². The topological polar surface area (TPSA) is 21.7 Å². The van der Waals surface area contributed by atoms with Crippen LogP contribution in [0.25, 0.3) is 0 Å². The van der Waals surface area contributed by atoms with Crippen LogP contribution in [0.4, 0.5) is 0 Å². The van der Waals surface area contributed by atoms with Crippen LogP contribution in [0.15, 0.2) is 0 Å². The Morgan fingerprint density at radius 1 is 1.23 bits per heavy atom. The molecule has 0 unspecified atom stereocenters. The maximum absolute atomic E-state index is 5.45. The van der Waals surface area contributed by atoms with Gasteiger partial charge in [-0.2, -0.15) is 0 Å². The summed E-state index contributed by atoms with van der Waals surface area (Å²) in [4.78, 5) is 2.19. The molecule has 1 aliphatic heterocycles. The molecule has 1 saturated heterocycles. The van der Waals surface area contributed by atoms with E-state index in [2.05, 4.69) is 18.9 Å². The smallest absolute Gasteiger partial charge is 0.178 e. The molecule has 0 N–H and O–H groups in total. The Morgan fingerprint density at radius 3 is 2.08 bits per heavy atom. The number of likely N-dealkylation sites (N-methyl/N-ethyl adjacent to an activating group) is 1. The fourth-order valence-corrected chi connectivity index (χ4v) is 1.25. The van der Waals surface area contributed by atoms with Crippen molar-refractivity contribution in [2.75, 3.05) is 33.4 Å². The van der Waals surface area contributed by atoms with E-state index < -0.39 is 0 Å². The lowest BCUT2D eigenvalue weighted by Crippen LogP contribution is -2.39. The van der Waals surface area contributed by atoms with E-state index in [-0.39, 0.29) is 5.79 Å². The van der Waals surface area contributed by atoms with Gasteiger partial charge in [-0.15, -0.1) is 0 Å². The van der Waals surface area contributed by atoms with Crippen LogP contribution in [0.1, 0.15) is 27.7 Å². The maximum Gasteiger partial charge on any atom is 0.178 e. The van der Waals surface area contributed by atoms with Crippen molar-refractivity contribution in [3.05, 3.63) is 0 Å². The molecule has 1 aliphatic rings. The highest BCUT2D eigenvalue weighted by Gasteiger charge is 2.31. The van der Waals surface area contributed by atoms with Crippen LogP contribution >= 0.6 is 0 Å². The van der Waals surface area contributed by atoms with Gasteiger partial charge < -0.3 is 14.4 Å². The fraction of sp³-hybridized carbons (Fsp3) is 1.00. The Bertz CT molecular complexity index is 122. The minimum absolute atomic E-state index is 0.356. The van der Waals surface area contributed by atoms with Gasteiger partial charge in [-0.25, -0.2) is 0 Å². The van der Waals surface area contributed by atoms with Crippen LogP contribution in [0.3, 0.4) is 0 Å². The molecule has 0 radical (unpaired) electrons. The highest BCUT2D eigenvalue weighted by atomic mass is 16.7. The molecule has 0 atom stereocenters. The van der Waals surface area contributed by atoms with Gasteiger partial charge in [0.25, 0.3) is 0 Å². The summed E-state index contributed by atoms with van der Waals surface area (Å²) in [5, 5.41) is 0. The van der Waals surface area contributed by atoms with Gasteiger partial charge in [0.2, 0.25) is 0 Å².